The first kappa shape index (κ1) is 6.64. The Kier molecular flexibility index (Phi) is 1.34. The molecule has 0 bridgehead atoms. The van der Waals surface area contributed by atoms with Crippen molar-refractivity contribution in [1.82, 2.24) is 14.8 Å². The van der Waals surface area contributed by atoms with Crippen LogP contribution in [0.3, 0.4) is 0 Å². The fourth-order valence-electron chi connectivity index (χ4n) is 1.34. The Hall–Kier alpha value is -1.06. The number of nitrogens with zero attached hydrogens (tertiary/aromatic N) is 4. The molecule has 2 rings (SSSR count). The minimum atomic E-state index is 0.804. The fourth-order valence-corrected chi connectivity index (χ4v) is 1.34. The molecular weight excluding hydrogens is 140 g/mol. The van der Waals surface area contributed by atoms with Gasteiger partial charge in [0.05, 0.1) is 0 Å². The van der Waals surface area contributed by atoms with Crippen molar-refractivity contribution in [2.45, 2.75) is 6.92 Å². The van der Waals surface area contributed by atoms with E-state index in [9.17, 15) is 0 Å². The molecule has 1 aliphatic heterocycles. The summed E-state index contributed by atoms with van der Waals surface area (Å²) in [4.78, 5) is 6.34. The van der Waals surface area contributed by atoms with Crippen LogP contribution in [0, 0.1) is 5.92 Å². The van der Waals surface area contributed by atoms with Crippen molar-refractivity contribution in [3.05, 3.63) is 6.33 Å². The second-order valence-corrected chi connectivity index (χ2v) is 3.23. The third-order valence-electron chi connectivity index (χ3n) is 1.93. The van der Waals surface area contributed by atoms with E-state index in [1.807, 2.05) is 7.05 Å². The van der Waals surface area contributed by atoms with Gasteiger partial charge in [0.2, 0.25) is 5.95 Å². The minimum Gasteiger partial charge on any atom is -0.339 e. The van der Waals surface area contributed by atoms with Gasteiger partial charge in [0, 0.05) is 20.1 Å². The third-order valence-corrected chi connectivity index (χ3v) is 1.93. The highest BCUT2D eigenvalue weighted by atomic mass is 15.4. The van der Waals surface area contributed by atoms with Gasteiger partial charge in [-0.25, -0.2) is 4.98 Å². The molecule has 1 aromatic rings. The zero-order valence-electron chi connectivity index (χ0n) is 6.86. The molecule has 2 heterocycles. The van der Waals surface area contributed by atoms with Gasteiger partial charge in [-0.15, -0.1) is 5.10 Å². The zero-order valence-corrected chi connectivity index (χ0v) is 6.86. The monoisotopic (exact) mass is 152 g/mol. The summed E-state index contributed by atoms with van der Waals surface area (Å²) in [5.74, 6) is 1.67. The first-order valence-corrected chi connectivity index (χ1v) is 3.86. The number of hydrogen-bond donors (Lipinski definition) is 0. The van der Waals surface area contributed by atoms with Gasteiger partial charge in [0.25, 0.3) is 0 Å². The van der Waals surface area contributed by atoms with Gasteiger partial charge in [-0.1, -0.05) is 6.92 Å². The van der Waals surface area contributed by atoms with Gasteiger partial charge in [-0.2, -0.15) is 0 Å². The minimum absolute atomic E-state index is 0.804. The predicted molar refractivity (Wildman–Crippen MR) is 42.4 cm³/mol. The van der Waals surface area contributed by atoms with Crippen LogP contribution in [-0.4, -0.2) is 27.9 Å². The molecule has 4 nitrogen and oxygen atoms in total. The molecule has 4 heteroatoms. The van der Waals surface area contributed by atoms with Crippen LogP contribution in [0.2, 0.25) is 0 Å². The first-order valence-electron chi connectivity index (χ1n) is 3.86. The Morgan fingerprint density at radius 2 is 2.27 bits per heavy atom. The number of rotatable bonds is 1. The van der Waals surface area contributed by atoms with Gasteiger partial charge in [0.1, 0.15) is 6.33 Å². The largest absolute Gasteiger partial charge is 0.339 e. The highest BCUT2D eigenvalue weighted by molar-refractivity contribution is 5.31. The Morgan fingerprint density at radius 3 is 2.73 bits per heavy atom. The van der Waals surface area contributed by atoms with Crippen molar-refractivity contribution in [2.24, 2.45) is 13.0 Å². The molecule has 0 aromatic carbocycles. The van der Waals surface area contributed by atoms with Crippen LogP contribution in [-0.2, 0) is 7.05 Å². The molecule has 0 unspecified atom stereocenters. The van der Waals surface area contributed by atoms with Crippen molar-refractivity contribution < 1.29 is 0 Å². The molecule has 1 aromatic heterocycles. The second kappa shape index (κ2) is 2.22. The predicted octanol–water partition coefficient (Wildman–Crippen LogP) is 0.271. The highest BCUT2D eigenvalue weighted by Gasteiger charge is 2.24. The lowest BCUT2D eigenvalue weighted by Crippen LogP contribution is -2.45. The van der Waals surface area contributed by atoms with E-state index in [-0.39, 0.29) is 0 Å². The topological polar surface area (TPSA) is 34.0 Å². The van der Waals surface area contributed by atoms with Gasteiger partial charge >= 0.3 is 0 Å². The number of aromatic nitrogens is 3. The van der Waals surface area contributed by atoms with E-state index in [2.05, 4.69) is 21.9 Å². The Balaban J connectivity index is 2.07. The van der Waals surface area contributed by atoms with Crippen molar-refractivity contribution in [2.75, 3.05) is 18.0 Å². The summed E-state index contributed by atoms with van der Waals surface area (Å²) in [5, 5.41) is 4.20. The van der Waals surface area contributed by atoms with Crippen LogP contribution in [0.1, 0.15) is 6.92 Å². The summed E-state index contributed by atoms with van der Waals surface area (Å²) in [6.07, 6.45) is 1.73. The lowest BCUT2D eigenvalue weighted by molar-refractivity contribution is 0.438. The average Bonchev–Trinajstić information content (AvgIpc) is 2.29. The van der Waals surface area contributed by atoms with Crippen molar-refractivity contribution in [3.63, 3.8) is 0 Å². The number of anilines is 1. The molecule has 0 aliphatic carbocycles. The van der Waals surface area contributed by atoms with Crippen LogP contribution in [0.25, 0.3) is 0 Å². The molecular formula is C7H12N4. The van der Waals surface area contributed by atoms with E-state index < -0.39 is 0 Å². The third kappa shape index (κ3) is 1.08. The second-order valence-electron chi connectivity index (χ2n) is 3.23. The summed E-state index contributed by atoms with van der Waals surface area (Å²) in [6.45, 7) is 4.44. The summed E-state index contributed by atoms with van der Waals surface area (Å²) in [7, 11) is 1.89. The molecule has 60 valence electrons. The quantitative estimate of drug-likeness (QED) is 0.579. The van der Waals surface area contributed by atoms with E-state index in [1.54, 1.807) is 11.0 Å². The molecule has 1 fully saturated rings. The molecule has 0 saturated carbocycles. The molecule has 0 N–H and O–H groups in total. The molecule has 0 atom stereocenters. The lowest BCUT2D eigenvalue weighted by Gasteiger charge is -2.36. The Labute approximate surface area is 65.8 Å². The molecule has 0 amide bonds. The van der Waals surface area contributed by atoms with Crippen LogP contribution in [0.4, 0.5) is 5.95 Å². The van der Waals surface area contributed by atoms with Crippen molar-refractivity contribution in [3.8, 4) is 0 Å². The zero-order chi connectivity index (χ0) is 7.84. The van der Waals surface area contributed by atoms with E-state index in [0.29, 0.717) is 0 Å². The lowest BCUT2D eigenvalue weighted by atomic mass is 10.0. The maximum Gasteiger partial charge on any atom is 0.244 e. The van der Waals surface area contributed by atoms with Crippen molar-refractivity contribution in [1.29, 1.82) is 0 Å². The van der Waals surface area contributed by atoms with Crippen LogP contribution in [0.15, 0.2) is 6.33 Å². The Bertz CT molecular complexity index is 249. The van der Waals surface area contributed by atoms with E-state index >= 15 is 0 Å². The van der Waals surface area contributed by atoms with Gasteiger partial charge in [-0.3, -0.25) is 4.68 Å². The van der Waals surface area contributed by atoms with Crippen LogP contribution < -0.4 is 4.90 Å². The first-order chi connectivity index (χ1) is 5.25. The fraction of sp³-hybridized carbons (Fsp3) is 0.714. The molecule has 0 radical (unpaired) electrons. The Morgan fingerprint density at radius 1 is 1.55 bits per heavy atom. The van der Waals surface area contributed by atoms with E-state index in [0.717, 1.165) is 25.0 Å². The highest BCUT2D eigenvalue weighted by Crippen LogP contribution is 2.19. The molecule has 1 aliphatic rings. The van der Waals surface area contributed by atoms with E-state index in [4.69, 9.17) is 0 Å². The summed E-state index contributed by atoms with van der Waals surface area (Å²) < 4.78 is 1.73. The number of hydrogen-bond acceptors (Lipinski definition) is 3. The summed E-state index contributed by atoms with van der Waals surface area (Å²) in [6, 6.07) is 0. The maximum absolute atomic E-state index is 4.20. The molecule has 1 saturated heterocycles. The van der Waals surface area contributed by atoms with Crippen LogP contribution in [0.5, 0.6) is 0 Å². The van der Waals surface area contributed by atoms with E-state index in [1.165, 1.54) is 0 Å². The van der Waals surface area contributed by atoms with Crippen molar-refractivity contribution >= 4 is 5.95 Å². The van der Waals surface area contributed by atoms with Gasteiger partial charge < -0.3 is 4.90 Å². The van der Waals surface area contributed by atoms with Crippen LogP contribution >= 0.6 is 0 Å². The molecule has 11 heavy (non-hydrogen) atoms. The summed E-state index contributed by atoms with van der Waals surface area (Å²) in [5.41, 5.74) is 0. The standard InChI is InChI=1S/C7H12N4/c1-6-3-11(4-6)7-8-5-10(2)9-7/h5-6H,3-4H2,1-2H3. The summed E-state index contributed by atoms with van der Waals surface area (Å²) >= 11 is 0. The normalized spacial score (nSPS) is 18.5. The smallest absolute Gasteiger partial charge is 0.244 e. The maximum atomic E-state index is 4.20. The average molecular weight is 152 g/mol. The number of aryl methyl sites for hydroxylation is 1. The van der Waals surface area contributed by atoms with Gasteiger partial charge in [-0.05, 0) is 5.92 Å². The van der Waals surface area contributed by atoms with Gasteiger partial charge in [0.15, 0.2) is 0 Å². The molecule has 0 spiro atoms. The SMILES string of the molecule is CC1CN(c2ncn(C)n2)C1.